The molecule has 0 spiro atoms. The van der Waals surface area contributed by atoms with Gasteiger partial charge in [0.25, 0.3) is 11.5 Å². The summed E-state index contributed by atoms with van der Waals surface area (Å²) in [6.45, 7) is 3.74. The summed E-state index contributed by atoms with van der Waals surface area (Å²) in [5.74, 6) is 5.92. The molecule has 0 aliphatic carbocycles. The van der Waals surface area contributed by atoms with Gasteiger partial charge in [-0.3, -0.25) is 19.7 Å². The topological polar surface area (TPSA) is 137 Å². The predicted octanol–water partition coefficient (Wildman–Crippen LogP) is 3.43. The molecule has 0 bridgehead atoms. The molecule has 6 aromatic rings. The Labute approximate surface area is 240 Å². The molecule has 1 amide bonds. The lowest BCUT2D eigenvalue weighted by molar-refractivity contribution is 0.0941. The Morgan fingerprint density at radius 2 is 1.83 bits per heavy atom. The molecule has 11 heteroatoms. The van der Waals surface area contributed by atoms with Crippen LogP contribution >= 0.6 is 0 Å². The lowest BCUT2D eigenvalue weighted by Crippen LogP contribution is -2.36. The number of anilines is 2. The maximum atomic E-state index is 14.2. The van der Waals surface area contributed by atoms with Crippen LogP contribution in [0.2, 0.25) is 0 Å². The minimum absolute atomic E-state index is 0.0591. The van der Waals surface area contributed by atoms with Crippen LogP contribution in [0.5, 0.6) is 0 Å². The van der Waals surface area contributed by atoms with E-state index in [1.807, 2.05) is 68.6 Å². The summed E-state index contributed by atoms with van der Waals surface area (Å²) in [4.78, 5) is 31.9. The van der Waals surface area contributed by atoms with E-state index in [4.69, 9.17) is 5.73 Å². The number of hydrogen-bond donors (Lipinski definition) is 3. The second kappa shape index (κ2) is 10.6. The van der Waals surface area contributed by atoms with Crippen molar-refractivity contribution >= 4 is 33.8 Å². The highest BCUT2D eigenvalue weighted by atomic mass is 16.2. The number of nitrogen functional groups attached to an aromatic ring is 1. The van der Waals surface area contributed by atoms with Gasteiger partial charge in [0, 0.05) is 25.0 Å². The Bertz CT molecular complexity index is 2100. The molecule has 0 saturated carbocycles. The van der Waals surface area contributed by atoms with Crippen molar-refractivity contribution in [2.75, 3.05) is 11.2 Å². The molecule has 4 heterocycles. The fourth-order valence-electron chi connectivity index (χ4n) is 4.78. The van der Waals surface area contributed by atoms with E-state index in [0.29, 0.717) is 33.4 Å². The lowest BCUT2D eigenvalue weighted by atomic mass is 10.0. The molecule has 2 aromatic carbocycles. The Hall–Kier alpha value is -5.89. The number of carbonyl (C=O) groups excluding carboxylic acids is 1. The lowest BCUT2D eigenvalue weighted by Gasteiger charge is -2.22. The highest BCUT2D eigenvalue weighted by molar-refractivity contribution is 6.04. The van der Waals surface area contributed by atoms with Gasteiger partial charge in [0.2, 0.25) is 0 Å². The van der Waals surface area contributed by atoms with Crippen LogP contribution in [0, 0.1) is 18.8 Å². The van der Waals surface area contributed by atoms with Crippen LogP contribution in [0.15, 0.2) is 84.0 Å². The first-order chi connectivity index (χ1) is 20.3. The molecule has 11 nitrogen and oxygen atoms in total. The number of para-hydroxylation sites is 1. The standard InChI is InChI=1S/C31H27N9O2/c1-19(35-30(41)27-28(32)37-39-16-8-15-33-29(27)39)25-17-22-10-7-9-21(13-14-23-18-34-38(3)20(23)2)26(22)31(42)40(25)36-24-11-5-4-6-12-24/h4-12,15-19,36H,1-3H3,(H2,32,37)(H,35,41)/t19-/m0/s1. The van der Waals surface area contributed by atoms with Gasteiger partial charge < -0.3 is 11.1 Å². The minimum atomic E-state index is -0.614. The molecular weight excluding hydrogens is 530 g/mol. The van der Waals surface area contributed by atoms with Gasteiger partial charge in [-0.05, 0) is 49.6 Å². The number of nitrogens with one attached hydrogen (secondary N) is 2. The quantitative estimate of drug-likeness (QED) is 0.276. The molecule has 0 unspecified atom stereocenters. The van der Waals surface area contributed by atoms with Crippen molar-refractivity contribution in [1.82, 2.24) is 34.4 Å². The highest BCUT2D eigenvalue weighted by Crippen LogP contribution is 2.23. The largest absolute Gasteiger partial charge is 0.381 e. The number of fused-ring (bicyclic) bond motifs is 2. The molecular formula is C31H27N9O2. The molecule has 0 radical (unpaired) electrons. The Morgan fingerprint density at radius 1 is 1.05 bits per heavy atom. The molecule has 4 aromatic heterocycles. The Kier molecular flexibility index (Phi) is 6.64. The van der Waals surface area contributed by atoms with Crippen molar-refractivity contribution in [3.05, 3.63) is 118 Å². The maximum Gasteiger partial charge on any atom is 0.278 e. The molecule has 6 rings (SSSR count). The number of rotatable bonds is 5. The second-order valence-electron chi connectivity index (χ2n) is 9.82. The molecule has 208 valence electrons. The fraction of sp³-hybridized carbons (Fsp3) is 0.129. The van der Waals surface area contributed by atoms with Gasteiger partial charge >= 0.3 is 0 Å². The summed E-state index contributed by atoms with van der Waals surface area (Å²) < 4.78 is 4.65. The van der Waals surface area contributed by atoms with Crippen molar-refractivity contribution in [2.24, 2.45) is 7.05 Å². The van der Waals surface area contributed by atoms with Gasteiger partial charge in [-0.15, -0.1) is 5.10 Å². The molecule has 1 atom stereocenters. The number of amides is 1. The van der Waals surface area contributed by atoms with Crippen LogP contribution in [-0.2, 0) is 7.05 Å². The Balaban J connectivity index is 1.45. The smallest absolute Gasteiger partial charge is 0.278 e. The number of carbonyl (C=O) groups is 1. The van der Waals surface area contributed by atoms with E-state index in [1.165, 1.54) is 9.19 Å². The number of aromatic nitrogens is 6. The molecule has 0 aliphatic heterocycles. The van der Waals surface area contributed by atoms with E-state index < -0.39 is 11.9 Å². The van der Waals surface area contributed by atoms with E-state index in [2.05, 4.69) is 37.8 Å². The SMILES string of the molecule is Cc1c(C#Cc2cccc3cc([C@H](C)NC(=O)c4c(N)nn5cccnc45)n(Nc4ccccc4)c(=O)c23)cnn1C. The summed E-state index contributed by atoms with van der Waals surface area (Å²) in [6.07, 6.45) is 4.94. The van der Waals surface area contributed by atoms with Crippen LogP contribution in [0.3, 0.4) is 0 Å². The average Bonchev–Trinajstić information content (AvgIpc) is 3.50. The van der Waals surface area contributed by atoms with E-state index >= 15 is 0 Å². The summed E-state index contributed by atoms with van der Waals surface area (Å²) in [6, 6.07) is 17.8. The predicted molar refractivity (Wildman–Crippen MR) is 161 cm³/mol. The van der Waals surface area contributed by atoms with Crippen LogP contribution < -0.4 is 22.0 Å². The van der Waals surface area contributed by atoms with Crippen molar-refractivity contribution in [1.29, 1.82) is 0 Å². The number of benzene rings is 2. The number of pyridine rings is 1. The van der Waals surface area contributed by atoms with Crippen molar-refractivity contribution in [3.63, 3.8) is 0 Å². The van der Waals surface area contributed by atoms with Gasteiger partial charge in [0.1, 0.15) is 5.56 Å². The van der Waals surface area contributed by atoms with E-state index in [9.17, 15) is 9.59 Å². The molecule has 0 aliphatic rings. The fourth-order valence-corrected chi connectivity index (χ4v) is 4.78. The van der Waals surface area contributed by atoms with E-state index in [-0.39, 0.29) is 16.9 Å². The van der Waals surface area contributed by atoms with Gasteiger partial charge in [-0.2, -0.15) is 5.10 Å². The first-order valence-corrected chi connectivity index (χ1v) is 13.2. The van der Waals surface area contributed by atoms with Gasteiger partial charge in [0.05, 0.1) is 40.3 Å². The van der Waals surface area contributed by atoms with Crippen LogP contribution in [0.25, 0.3) is 16.4 Å². The Morgan fingerprint density at radius 3 is 2.60 bits per heavy atom. The molecule has 42 heavy (non-hydrogen) atoms. The number of aryl methyl sites for hydroxylation is 1. The molecule has 4 N–H and O–H groups in total. The zero-order valence-electron chi connectivity index (χ0n) is 23.2. The highest BCUT2D eigenvalue weighted by Gasteiger charge is 2.23. The summed E-state index contributed by atoms with van der Waals surface area (Å²) >= 11 is 0. The molecule has 0 saturated heterocycles. The third kappa shape index (κ3) is 4.71. The van der Waals surface area contributed by atoms with Crippen LogP contribution in [0.1, 0.15) is 45.8 Å². The van der Waals surface area contributed by atoms with Crippen LogP contribution in [0.4, 0.5) is 11.5 Å². The van der Waals surface area contributed by atoms with Crippen LogP contribution in [-0.4, -0.2) is 35.0 Å². The summed E-state index contributed by atoms with van der Waals surface area (Å²) in [5, 5.41) is 12.5. The average molecular weight is 558 g/mol. The monoisotopic (exact) mass is 557 g/mol. The normalized spacial score (nSPS) is 11.7. The third-order valence-corrected chi connectivity index (χ3v) is 7.10. The van der Waals surface area contributed by atoms with Crippen molar-refractivity contribution in [2.45, 2.75) is 19.9 Å². The number of nitrogens with two attached hydrogens (primary N) is 1. The van der Waals surface area contributed by atoms with E-state index in [0.717, 1.165) is 11.3 Å². The van der Waals surface area contributed by atoms with Gasteiger partial charge in [0.15, 0.2) is 11.5 Å². The maximum absolute atomic E-state index is 14.2. The van der Waals surface area contributed by atoms with Gasteiger partial charge in [-0.25, -0.2) is 14.2 Å². The number of hydrogen-bond acceptors (Lipinski definition) is 7. The first kappa shape index (κ1) is 26.3. The third-order valence-electron chi connectivity index (χ3n) is 7.10. The zero-order valence-corrected chi connectivity index (χ0v) is 23.2. The summed E-state index contributed by atoms with van der Waals surface area (Å²) in [7, 11) is 1.86. The number of nitrogens with zero attached hydrogens (tertiary/aromatic N) is 6. The first-order valence-electron chi connectivity index (χ1n) is 13.2. The second-order valence-corrected chi connectivity index (χ2v) is 9.82. The van der Waals surface area contributed by atoms with Gasteiger partial charge in [-0.1, -0.05) is 42.2 Å². The molecule has 0 fully saturated rings. The van der Waals surface area contributed by atoms with Crippen molar-refractivity contribution < 1.29 is 4.79 Å². The van der Waals surface area contributed by atoms with E-state index in [1.54, 1.807) is 36.3 Å². The summed E-state index contributed by atoms with van der Waals surface area (Å²) in [5.41, 5.74) is 13.0. The van der Waals surface area contributed by atoms with Crippen molar-refractivity contribution in [3.8, 4) is 11.8 Å². The minimum Gasteiger partial charge on any atom is -0.381 e. The zero-order chi connectivity index (χ0) is 29.4.